The third kappa shape index (κ3) is 7.81. The van der Waals surface area contributed by atoms with Gasteiger partial charge in [-0.3, -0.25) is 0 Å². The van der Waals surface area contributed by atoms with Crippen molar-refractivity contribution in [1.29, 1.82) is 0 Å². The molecule has 0 bridgehead atoms. The van der Waals surface area contributed by atoms with Gasteiger partial charge < -0.3 is 4.43 Å². The van der Waals surface area contributed by atoms with E-state index in [0.29, 0.717) is 6.42 Å². The number of hydrogen-bond acceptors (Lipinski definition) is 1. The maximum absolute atomic E-state index is 11.9. The number of rotatable bonds is 9. The summed E-state index contributed by atoms with van der Waals surface area (Å²) in [5, 5.41) is 0. The van der Waals surface area contributed by atoms with E-state index in [2.05, 4.69) is 13.8 Å². The first-order chi connectivity index (χ1) is 7.89. The molecule has 0 atom stereocenters. The van der Waals surface area contributed by atoms with E-state index in [1.54, 1.807) is 7.11 Å². The van der Waals surface area contributed by atoms with E-state index in [1.165, 1.54) is 0 Å². The zero-order valence-corrected chi connectivity index (χ0v) is 12.2. The van der Waals surface area contributed by atoms with Crippen molar-refractivity contribution < 1.29 is 17.6 Å². The molecule has 0 aliphatic rings. The van der Waals surface area contributed by atoms with Crippen LogP contribution in [-0.4, -0.2) is 21.6 Å². The summed E-state index contributed by atoms with van der Waals surface area (Å²) in [6.45, 7) is 4.31. The Kier molecular flexibility index (Phi) is 8.12. The molecule has 0 fully saturated rings. The maximum atomic E-state index is 11.9. The van der Waals surface area contributed by atoms with Crippen LogP contribution in [0.2, 0.25) is 18.1 Å². The largest absolute Gasteiger partial charge is 0.420 e. The predicted molar refractivity (Wildman–Crippen MR) is 67.7 cm³/mol. The molecule has 0 radical (unpaired) electrons. The van der Waals surface area contributed by atoms with Crippen molar-refractivity contribution in [3.8, 4) is 0 Å². The van der Waals surface area contributed by atoms with E-state index in [1.807, 2.05) is 0 Å². The second-order valence-electron chi connectivity index (χ2n) is 4.62. The lowest BCUT2D eigenvalue weighted by molar-refractivity contribution is -0.135. The predicted octanol–water partition coefficient (Wildman–Crippen LogP) is 5.13. The third-order valence-corrected chi connectivity index (χ3v) is 8.27. The molecule has 0 rings (SSSR count). The molecule has 0 amide bonds. The Hall–Kier alpha value is -0.0331. The van der Waals surface area contributed by atoms with Gasteiger partial charge in [0, 0.05) is 13.5 Å². The average Bonchev–Trinajstić information content (AvgIpc) is 2.28. The topological polar surface area (TPSA) is 9.23 Å². The molecule has 104 valence electrons. The van der Waals surface area contributed by atoms with Gasteiger partial charge in [-0.15, -0.1) is 0 Å². The Balaban J connectivity index is 3.63. The highest BCUT2D eigenvalue weighted by Crippen LogP contribution is 2.26. The fourth-order valence-electron chi connectivity index (χ4n) is 2.12. The Bertz CT molecular complexity index is 182. The summed E-state index contributed by atoms with van der Waals surface area (Å²) >= 11 is 0. The van der Waals surface area contributed by atoms with Gasteiger partial charge in [0.25, 0.3) is 0 Å². The molecule has 17 heavy (non-hydrogen) atoms. The van der Waals surface area contributed by atoms with Gasteiger partial charge in [-0.1, -0.05) is 33.1 Å². The molecule has 0 spiro atoms. The van der Waals surface area contributed by atoms with Crippen molar-refractivity contribution in [2.24, 2.45) is 0 Å². The minimum Gasteiger partial charge on any atom is -0.420 e. The van der Waals surface area contributed by atoms with Crippen LogP contribution in [0.3, 0.4) is 0 Å². The first kappa shape index (κ1) is 17.0. The van der Waals surface area contributed by atoms with E-state index in [-0.39, 0.29) is 6.42 Å². The molecule has 0 unspecified atom stereocenters. The summed E-state index contributed by atoms with van der Waals surface area (Å²) in [7, 11) is 0.244. The third-order valence-electron chi connectivity index (χ3n) is 3.56. The van der Waals surface area contributed by atoms with Crippen LogP contribution in [0, 0.1) is 0 Å². The van der Waals surface area contributed by atoms with Gasteiger partial charge in [-0.25, -0.2) is 0 Å². The number of halogens is 3. The van der Waals surface area contributed by atoms with Crippen LogP contribution in [0.1, 0.15) is 46.0 Å². The molecule has 1 nitrogen and oxygen atoms in total. The molecule has 0 N–H and O–H groups in total. The van der Waals surface area contributed by atoms with Crippen molar-refractivity contribution in [2.45, 2.75) is 70.3 Å². The minimum atomic E-state index is -3.99. The van der Waals surface area contributed by atoms with E-state index < -0.39 is 20.9 Å². The fourth-order valence-corrected chi connectivity index (χ4v) is 5.00. The van der Waals surface area contributed by atoms with E-state index >= 15 is 0 Å². The summed E-state index contributed by atoms with van der Waals surface area (Å²) in [6, 6.07) is 3.29. The van der Waals surface area contributed by atoms with Gasteiger partial charge in [0.1, 0.15) is 0 Å². The first-order valence-electron chi connectivity index (χ1n) is 6.51. The van der Waals surface area contributed by atoms with Crippen molar-refractivity contribution in [3.05, 3.63) is 0 Å². The minimum absolute atomic E-state index is 0.267. The summed E-state index contributed by atoms with van der Waals surface area (Å²) < 4.78 is 41.4. The van der Waals surface area contributed by atoms with E-state index in [4.69, 9.17) is 4.43 Å². The van der Waals surface area contributed by atoms with E-state index in [9.17, 15) is 13.2 Å². The Labute approximate surface area is 104 Å². The molecule has 0 saturated heterocycles. The lowest BCUT2D eigenvalue weighted by Gasteiger charge is -2.27. The Morgan fingerprint density at radius 2 is 1.47 bits per heavy atom. The van der Waals surface area contributed by atoms with Gasteiger partial charge in [0.2, 0.25) is 0 Å². The van der Waals surface area contributed by atoms with Crippen LogP contribution in [0.15, 0.2) is 0 Å². The van der Waals surface area contributed by atoms with Crippen LogP contribution < -0.4 is 0 Å². The summed E-state index contributed by atoms with van der Waals surface area (Å²) in [5.41, 5.74) is 0. The highest BCUT2D eigenvalue weighted by atomic mass is 28.4. The summed E-state index contributed by atoms with van der Waals surface area (Å²) in [4.78, 5) is 0. The lowest BCUT2D eigenvalue weighted by Crippen LogP contribution is -2.34. The lowest BCUT2D eigenvalue weighted by atomic mass is 10.1. The van der Waals surface area contributed by atoms with Crippen molar-refractivity contribution in [3.63, 3.8) is 0 Å². The zero-order valence-electron chi connectivity index (χ0n) is 11.2. The molecule has 0 aliphatic carbocycles. The molecule has 0 saturated carbocycles. The number of unbranched alkanes of at least 4 members (excludes halogenated alkanes) is 3. The monoisotopic (exact) mass is 270 g/mol. The quantitative estimate of drug-likeness (QED) is 0.417. The first-order valence-corrected chi connectivity index (χ1v) is 9.04. The van der Waals surface area contributed by atoms with Crippen molar-refractivity contribution in [1.82, 2.24) is 0 Å². The van der Waals surface area contributed by atoms with Gasteiger partial charge in [0.15, 0.2) is 8.32 Å². The van der Waals surface area contributed by atoms with Crippen LogP contribution in [0.5, 0.6) is 0 Å². The molecule has 0 aromatic rings. The maximum Gasteiger partial charge on any atom is 0.389 e. The standard InChI is InChI=1S/C12H25F3OSi/c1-4-17(5-2,16-3)11-9-7-6-8-10-12(13,14)15/h4-11H2,1-3H3. The molecule has 5 heteroatoms. The fraction of sp³-hybridized carbons (Fsp3) is 1.00. The van der Waals surface area contributed by atoms with Gasteiger partial charge in [-0.2, -0.15) is 13.2 Å². The number of alkyl halides is 3. The zero-order chi connectivity index (χ0) is 13.4. The number of hydrogen-bond donors (Lipinski definition) is 0. The van der Waals surface area contributed by atoms with Crippen LogP contribution in [-0.2, 0) is 4.43 Å². The van der Waals surface area contributed by atoms with Crippen molar-refractivity contribution in [2.75, 3.05) is 7.11 Å². The van der Waals surface area contributed by atoms with Crippen molar-refractivity contribution >= 4 is 8.32 Å². The smallest absolute Gasteiger partial charge is 0.389 e. The molecule has 0 aromatic carbocycles. The molecule has 0 aliphatic heterocycles. The van der Waals surface area contributed by atoms with Gasteiger partial charge in [-0.05, 0) is 24.6 Å². The van der Waals surface area contributed by atoms with Gasteiger partial charge >= 0.3 is 6.18 Å². The molecular formula is C12H25F3OSi. The van der Waals surface area contributed by atoms with Crippen LogP contribution in [0.4, 0.5) is 13.2 Å². The second kappa shape index (κ2) is 8.14. The van der Waals surface area contributed by atoms with Crippen LogP contribution in [0.25, 0.3) is 0 Å². The highest BCUT2D eigenvalue weighted by Gasteiger charge is 2.29. The average molecular weight is 270 g/mol. The van der Waals surface area contributed by atoms with E-state index in [0.717, 1.165) is 31.0 Å². The molecule has 0 aromatic heterocycles. The Morgan fingerprint density at radius 1 is 0.941 bits per heavy atom. The van der Waals surface area contributed by atoms with Gasteiger partial charge in [0.05, 0.1) is 0 Å². The molecule has 0 heterocycles. The highest BCUT2D eigenvalue weighted by molar-refractivity contribution is 6.73. The summed E-state index contributed by atoms with van der Waals surface area (Å²) in [5.74, 6) is 0. The second-order valence-corrected chi connectivity index (χ2v) is 9.31. The Morgan fingerprint density at radius 3 is 1.88 bits per heavy atom. The molecular weight excluding hydrogens is 245 g/mol. The van der Waals surface area contributed by atoms with Crippen LogP contribution >= 0.6 is 0 Å². The summed E-state index contributed by atoms with van der Waals surface area (Å²) in [6.07, 6.45) is -1.77. The normalized spacial score (nSPS) is 13.1. The SMILES string of the molecule is CC[Si](CC)(CCCCCCC(F)(F)F)OC.